The van der Waals surface area contributed by atoms with Gasteiger partial charge in [-0.3, -0.25) is 9.69 Å². The van der Waals surface area contributed by atoms with Crippen LogP contribution in [-0.2, 0) is 22.0 Å². The lowest BCUT2D eigenvalue weighted by atomic mass is 9.80. The molecule has 1 aliphatic carbocycles. The van der Waals surface area contributed by atoms with Crippen LogP contribution in [0.3, 0.4) is 0 Å². The maximum atomic E-state index is 12.9. The molecule has 0 spiro atoms. The summed E-state index contributed by atoms with van der Waals surface area (Å²) in [6, 6.07) is 14.8. The molecule has 32 heavy (non-hydrogen) atoms. The number of fused-ring (bicyclic) bond motifs is 2. The highest BCUT2D eigenvalue weighted by Gasteiger charge is 2.50. The van der Waals surface area contributed by atoms with Gasteiger partial charge in [0.25, 0.3) is 0 Å². The van der Waals surface area contributed by atoms with Crippen LogP contribution in [0.5, 0.6) is 0 Å². The Balaban J connectivity index is 1.17. The molecule has 0 bridgehead atoms. The first-order valence-electron chi connectivity index (χ1n) is 11.8. The molecule has 0 saturated carbocycles. The summed E-state index contributed by atoms with van der Waals surface area (Å²) in [4.78, 5) is 17.8. The van der Waals surface area contributed by atoms with E-state index in [9.17, 15) is 4.79 Å². The Hall–Kier alpha value is -2.66. The zero-order valence-electron chi connectivity index (χ0n) is 19.6. The van der Waals surface area contributed by atoms with E-state index in [1.807, 2.05) is 18.2 Å². The average molecular weight is 432 g/mol. The standard InChI is InChI=1S/C27H33N3O2/c1-26(2)21-12-11-19(18-22(21)27(3,4)25(26)31)8-7-13-29-14-16-30(17-15-29)24-20-9-5-6-10-23(20)28-32-24/h5-6,9-12,18H,7-8,13-17H2,1-4H3. The van der Waals surface area contributed by atoms with Crippen molar-refractivity contribution in [1.82, 2.24) is 10.1 Å². The van der Waals surface area contributed by atoms with Gasteiger partial charge in [-0.05, 0) is 75.9 Å². The molecule has 5 nitrogen and oxygen atoms in total. The van der Waals surface area contributed by atoms with E-state index < -0.39 is 5.41 Å². The Morgan fingerprint density at radius 2 is 1.66 bits per heavy atom. The molecular weight excluding hydrogens is 398 g/mol. The fraction of sp³-hybridized carbons (Fsp3) is 0.481. The number of carbonyl (C=O) groups is 1. The van der Waals surface area contributed by atoms with Crippen molar-refractivity contribution in [1.29, 1.82) is 0 Å². The van der Waals surface area contributed by atoms with Crippen LogP contribution in [0.4, 0.5) is 5.88 Å². The molecule has 2 aliphatic rings. The van der Waals surface area contributed by atoms with Gasteiger partial charge in [0.1, 0.15) is 5.52 Å². The van der Waals surface area contributed by atoms with Gasteiger partial charge in [0.05, 0.1) is 5.39 Å². The van der Waals surface area contributed by atoms with Gasteiger partial charge in [0.15, 0.2) is 5.78 Å². The number of hydrogen-bond acceptors (Lipinski definition) is 5. The third-order valence-corrected chi connectivity index (χ3v) is 7.53. The maximum absolute atomic E-state index is 12.9. The summed E-state index contributed by atoms with van der Waals surface area (Å²) in [5, 5.41) is 5.29. The summed E-state index contributed by atoms with van der Waals surface area (Å²) in [6.07, 6.45) is 2.17. The zero-order valence-corrected chi connectivity index (χ0v) is 19.6. The van der Waals surface area contributed by atoms with Crippen LogP contribution in [0.15, 0.2) is 47.0 Å². The van der Waals surface area contributed by atoms with E-state index in [0.29, 0.717) is 5.78 Å². The van der Waals surface area contributed by atoms with Crippen molar-refractivity contribution in [3.05, 3.63) is 59.2 Å². The molecule has 0 atom stereocenters. The second kappa shape index (κ2) is 7.73. The molecule has 0 unspecified atom stereocenters. The summed E-state index contributed by atoms with van der Waals surface area (Å²) in [6.45, 7) is 13.4. The fourth-order valence-electron chi connectivity index (χ4n) is 5.62. The first-order chi connectivity index (χ1) is 15.3. The number of aryl methyl sites for hydroxylation is 1. The van der Waals surface area contributed by atoms with Crippen molar-refractivity contribution in [2.75, 3.05) is 37.6 Å². The number of aromatic nitrogens is 1. The lowest BCUT2D eigenvalue weighted by Gasteiger charge is -2.34. The van der Waals surface area contributed by atoms with Crippen molar-refractivity contribution in [2.24, 2.45) is 0 Å². The molecule has 2 heterocycles. The summed E-state index contributed by atoms with van der Waals surface area (Å²) >= 11 is 0. The predicted molar refractivity (Wildman–Crippen MR) is 128 cm³/mol. The predicted octanol–water partition coefficient (Wildman–Crippen LogP) is 4.72. The third-order valence-electron chi connectivity index (χ3n) is 7.53. The molecule has 5 heteroatoms. The lowest BCUT2D eigenvalue weighted by molar-refractivity contribution is -0.126. The Morgan fingerprint density at radius 3 is 2.44 bits per heavy atom. The van der Waals surface area contributed by atoms with Crippen LogP contribution in [0.2, 0.25) is 0 Å². The highest BCUT2D eigenvalue weighted by molar-refractivity contribution is 6.02. The van der Waals surface area contributed by atoms with Crippen molar-refractivity contribution in [3.63, 3.8) is 0 Å². The second-order valence-corrected chi connectivity index (χ2v) is 10.4. The van der Waals surface area contributed by atoms with E-state index in [1.54, 1.807) is 0 Å². The Labute approximate surface area is 190 Å². The normalized spacial score (nSPS) is 20.1. The molecule has 3 aromatic rings. The Bertz CT molecular complexity index is 1150. The van der Waals surface area contributed by atoms with Crippen LogP contribution in [0, 0.1) is 0 Å². The molecule has 1 saturated heterocycles. The number of anilines is 1. The smallest absolute Gasteiger partial charge is 0.235 e. The van der Waals surface area contributed by atoms with Gasteiger partial charge in [-0.1, -0.05) is 35.5 Å². The number of carbonyl (C=O) groups excluding carboxylic acids is 1. The van der Waals surface area contributed by atoms with Gasteiger partial charge in [-0.25, -0.2) is 0 Å². The van der Waals surface area contributed by atoms with Crippen molar-refractivity contribution < 1.29 is 9.32 Å². The third kappa shape index (κ3) is 3.43. The van der Waals surface area contributed by atoms with Crippen LogP contribution in [0.25, 0.3) is 10.9 Å². The first kappa shape index (κ1) is 21.2. The Morgan fingerprint density at radius 1 is 0.938 bits per heavy atom. The monoisotopic (exact) mass is 431 g/mol. The molecule has 1 aliphatic heterocycles. The second-order valence-electron chi connectivity index (χ2n) is 10.4. The first-order valence-corrected chi connectivity index (χ1v) is 11.8. The zero-order chi connectivity index (χ0) is 22.5. The van der Waals surface area contributed by atoms with Gasteiger partial charge >= 0.3 is 0 Å². The van der Waals surface area contributed by atoms with Crippen LogP contribution >= 0.6 is 0 Å². The number of hydrogen-bond donors (Lipinski definition) is 0. The van der Waals surface area contributed by atoms with Crippen LogP contribution in [0.1, 0.15) is 50.8 Å². The SMILES string of the molecule is CC1(C)C(=O)C(C)(C)c2cc(CCCN3CCN(c4onc5ccccc45)CC3)ccc21. The van der Waals surface area contributed by atoms with E-state index in [1.165, 1.54) is 16.7 Å². The van der Waals surface area contributed by atoms with Gasteiger partial charge in [-0.15, -0.1) is 0 Å². The van der Waals surface area contributed by atoms with E-state index >= 15 is 0 Å². The molecule has 5 rings (SSSR count). The molecule has 0 radical (unpaired) electrons. The van der Waals surface area contributed by atoms with Crippen LogP contribution < -0.4 is 4.90 Å². The summed E-state index contributed by atoms with van der Waals surface area (Å²) in [5.41, 5.74) is 3.91. The van der Waals surface area contributed by atoms with Crippen molar-refractivity contribution in [3.8, 4) is 0 Å². The number of rotatable bonds is 5. The van der Waals surface area contributed by atoms with E-state index in [0.717, 1.165) is 62.4 Å². The van der Waals surface area contributed by atoms with Gasteiger partial charge in [0, 0.05) is 37.0 Å². The van der Waals surface area contributed by atoms with Crippen molar-refractivity contribution >= 4 is 22.6 Å². The highest BCUT2D eigenvalue weighted by Crippen LogP contribution is 2.46. The molecule has 1 fully saturated rings. The van der Waals surface area contributed by atoms with Gasteiger partial charge < -0.3 is 9.42 Å². The quantitative estimate of drug-likeness (QED) is 0.585. The van der Waals surface area contributed by atoms with E-state index in [-0.39, 0.29) is 5.41 Å². The molecule has 1 aromatic heterocycles. The fourth-order valence-corrected chi connectivity index (χ4v) is 5.62. The van der Waals surface area contributed by atoms with Crippen molar-refractivity contribution in [2.45, 2.75) is 51.4 Å². The molecular formula is C27H33N3O2. The molecule has 0 N–H and O–H groups in total. The van der Waals surface area contributed by atoms with E-state index in [4.69, 9.17) is 4.52 Å². The summed E-state index contributed by atoms with van der Waals surface area (Å²) < 4.78 is 5.64. The van der Waals surface area contributed by atoms with Gasteiger partial charge in [-0.2, -0.15) is 0 Å². The summed E-state index contributed by atoms with van der Waals surface area (Å²) in [5.74, 6) is 1.23. The molecule has 2 aromatic carbocycles. The van der Waals surface area contributed by atoms with Gasteiger partial charge in [0.2, 0.25) is 5.88 Å². The minimum absolute atomic E-state index is 0.328. The number of ketones is 1. The molecule has 168 valence electrons. The van der Waals surface area contributed by atoms with Crippen LogP contribution in [-0.4, -0.2) is 48.6 Å². The molecule has 0 amide bonds. The largest absolute Gasteiger partial charge is 0.338 e. The number of Topliss-reactive ketones (excluding diaryl/α,β-unsaturated/α-hetero) is 1. The minimum atomic E-state index is -0.393. The maximum Gasteiger partial charge on any atom is 0.235 e. The summed E-state index contributed by atoms with van der Waals surface area (Å²) in [7, 11) is 0. The van der Waals surface area contributed by atoms with E-state index in [2.05, 4.69) is 66.9 Å². The minimum Gasteiger partial charge on any atom is -0.338 e. The highest BCUT2D eigenvalue weighted by atomic mass is 16.5. The lowest BCUT2D eigenvalue weighted by Crippen LogP contribution is -2.46. The average Bonchev–Trinajstić information content (AvgIpc) is 3.27. The number of nitrogens with zero attached hydrogens (tertiary/aromatic N) is 3. The Kier molecular flexibility index (Phi) is 5.12. The topological polar surface area (TPSA) is 49.6 Å². The number of benzene rings is 2. The number of piperazine rings is 1.